The third-order valence-electron chi connectivity index (χ3n) is 2.58. The zero-order valence-corrected chi connectivity index (χ0v) is 8.43. The number of fused-ring (bicyclic) bond motifs is 1. The maximum absolute atomic E-state index is 11.6. The van der Waals surface area contributed by atoms with Gasteiger partial charge in [0, 0.05) is 6.42 Å². The maximum Gasteiger partial charge on any atom is 0.357 e. The van der Waals surface area contributed by atoms with Crippen molar-refractivity contribution in [1.82, 2.24) is 9.78 Å². The number of Topliss-reactive ketones (excluding diaryl/α,β-unsaturated/α-hetero) is 1. The van der Waals surface area contributed by atoms with E-state index in [4.69, 9.17) is 10.4 Å². The van der Waals surface area contributed by atoms with Crippen LogP contribution in [0.1, 0.15) is 39.4 Å². The summed E-state index contributed by atoms with van der Waals surface area (Å²) in [5, 5.41) is 21.3. The van der Waals surface area contributed by atoms with Crippen molar-refractivity contribution in [2.45, 2.75) is 25.8 Å². The normalized spacial score (nSPS) is 14.3. The lowest BCUT2D eigenvalue weighted by atomic mass is 9.94. The Hall–Kier alpha value is -2.16. The van der Waals surface area contributed by atoms with E-state index < -0.39 is 5.97 Å². The molecule has 6 nitrogen and oxygen atoms in total. The van der Waals surface area contributed by atoms with Gasteiger partial charge in [0.25, 0.3) is 0 Å². The van der Waals surface area contributed by atoms with E-state index in [0.29, 0.717) is 25.0 Å². The van der Waals surface area contributed by atoms with Crippen molar-refractivity contribution in [1.29, 1.82) is 5.26 Å². The second-order valence-corrected chi connectivity index (χ2v) is 3.57. The van der Waals surface area contributed by atoms with Gasteiger partial charge in [-0.3, -0.25) is 9.48 Å². The van der Waals surface area contributed by atoms with Crippen molar-refractivity contribution in [3.8, 4) is 6.07 Å². The molecule has 0 atom stereocenters. The van der Waals surface area contributed by atoms with Gasteiger partial charge >= 0.3 is 5.97 Å². The molecule has 1 aliphatic carbocycles. The Morgan fingerprint density at radius 1 is 1.56 bits per heavy atom. The molecule has 0 radical (unpaired) electrons. The highest BCUT2D eigenvalue weighted by molar-refractivity contribution is 6.06. The van der Waals surface area contributed by atoms with Gasteiger partial charge in [-0.2, -0.15) is 10.4 Å². The molecule has 0 aliphatic heterocycles. The molecule has 0 spiro atoms. The van der Waals surface area contributed by atoms with Gasteiger partial charge in [0.05, 0.1) is 17.3 Å². The number of carbonyl (C=O) groups is 2. The van der Waals surface area contributed by atoms with Gasteiger partial charge in [-0.25, -0.2) is 4.79 Å². The number of hydrogen-bond acceptors (Lipinski definition) is 4. The van der Waals surface area contributed by atoms with Gasteiger partial charge in [0.15, 0.2) is 11.5 Å². The van der Waals surface area contributed by atoms with Gasteiger partial charge in [-0.05, 0) is 12.8 Å². The number of nitrogens with zero attached hydrogens (tertiary/aromatic N) is 3. The number of ketones is 1. The van der Waals surface area contributed by atoms with Crippen LogP contribution >= 0.6 is 0 Å². The molecule has 6 heteroatoms. The fourth-order valence-electron chi connectivity index (χ4n) is 1.93. The number of hydrogen-bond donors (Lipinski definition) is 1. The Morgan fingerprint density at radius 2 is 2.31 bits per heavy atom. The molecule has 0 bridgehead atoms. The molecule has 0 unspecified atom stereocenters. The summed E-state index contributed by atoms with van der Waals surface area (Å²) in [6, 6.07) is 1.90. The van der Waals surface area contributed by atoms with Crippen molar-refractivity contribution >= 4 is 11.8 Å². The fourth-order valence-corrected chi connectivity index (χ4v) is 1.93. The molecule has 82 valence electrons. The Bertz CT molecular complexity index is 510. The van der Waals surface area contributed by atoms with Crippen LogP contribution in [-0.4, -0.2) is 26.6 Å². The zero-order valence-electron chi connectivity index (χ0n) is 8.43. The van der Waals surface area contributed by atoms with Gasteiger partial charge in [-0.1, -0.05) is 0 Å². The summed E-state index contributed by atoms with van der Waals surface area (Å²) in [5.74, 6) is -1.41. The van der Waals surface area contributed by atoms with Crippen LogP contribution in [-0.2, 0) is 13.0 Å². The van der Waals surface area contributed by atoms with Crippen molar-refractivity contribution in [3.05, 3.63) is 17.0 Å². The molecule has 0 saturated heterocycles. The molecular formula is C10H9N3O3. The van der Waals surface area contributed by atoms with Crippen LogP contribution in [0.3, 0.4) is 0 Å². The number of aromatic carboxylic acids is 1. The maximum atomic E-state index is 11.6. The Morgan fingerprint density at radius 3 is 2.94 bits per heavy atom. The number of nitriles is 1. The van der Waals surface area contributed by atoms with Crippen molar-refractivity contribution in [3.63, 3.8) is 0 Å². The number of carbonyl (C=O) groups excluding carboxylic acids is 1. The lowest BCUT2D eigenvalue weighted by molar-refractivity contribution is 0.0684. The van der Waals surface area contributed by atoms with Crippen LogP contribution in [0, 0.1) is 11.3 Å². The first kappa shape index (κ1) is 10.4. The molecule has 0 aromatic carbocycles. The predicted molar refractivity (Wildman–Crippen MR) is 52.1 cm³/mol. The molecule has 1 N–H and O–H groups in total. The Kier molecular flexibility index (Phi) is 2.44. The number of rotatable bonds is 2. The third kappa shape index (κ3) is 1.46. The van der Waals surface area contributed by atoms with Gasteiger partial charge < -0.3 is 5.11 Å². The fraction of sp³-hybridized carbons (Fsp3) is 0.400. The topological polar surface area (TPSA) is 96.0 Å². The summed E-state index contributed by atoms with van der Waals surface area (Å²) >= 11 is 0. The van der Waals surface area contributed by atoms with Crippen LogP contribution in [0.4, 0.5) is 0 Å². The van der Waals surface area contributed by atoms with E-state index in [0.717, 1.165) is 0 Å². The third-order valence-corrected chi connectivity index (χ3v) is 2.58. The highest BCUT2D eigenvalue weighted by atomic mass is 16.4. The molecule has 1 aliphatic rings. The summed E-state index contributed by atoms with van der Waals surface area (Å²) < 4.78 is 1.32. The Labute approximate surface area is 91.1 Å². The zero-order chi connectivity index (χ0) is 11.7. The van der Waals surface area contributed by atoms with Crippen LogP contribution in [0.5, 0.6) is 0 Å². The SMILES string of the molecule is N#CCn1nc(C(=O)O)c2c1CCCC2=O. The van der Waals surface area contributed by atoms with Gasteiger partial charge in [0.1, 0.15) is 6.54 Å². The minimum absolute atomic E-state index is 0.0249. The average molecular weight is 219 g/mol. The van der Waals surface area contributed by atoms with E-state index in [1.54, 1.807) is 0 Å². The van der Waals surface area contributed by atoms with E-state index >= 15 is 0 Å². The molecule has 1 aromatic rings. The standard InChI is InChI=1S/C10H9N3O3/c11-4-5-13-6-2-1-3-7(14)8(6)9(12-13)10(15)16/h1-3,5H2,(H,15,16). The lowest BCUT2D eigenvalue weighted by Gasteiger charge is -2.11. The average Bonchev–Trinajstić information content (AvgIpc) is 2.60. The predicted octanol–water partition coefficient (Wildman–Crippen LogP) is 0.624. The van der Waals surface area contributed by atoms with Crippen molar-refractivity contribution < 1.29 is 14.7 Å². The second kappa shape index (κ2) is 3.77. The molecule has 0 fully saturated rings. The molecule has 16 heavy (non-hydrogen) atoms. The second-order valence-electron chi connectivity index (χ2n) is 3.57. The van der Waals surface area contributed by atoms with E-state index in [1.807, 2.05) is 6.07 Å². The summed E-state index contributed by atoms with van der Waals surface area (Å²) in [7, 11) is 0. The smallest absolute Gasteiger partial charge is 0.357 e. The monoisotopic (exact) mass is 219 g/mol. The summed E-state index contributed by atoms with van der Waals surface area (Å²) in [4.78, 5) is 22.6. The van der Waals surface area contributed by atoms with Crippen LogP contribution in [0.2, 0.25) is 0 Å². The number of carboxylic acid groups (broad SMARTS) is 1. The van der Waals surface area contributed by atoms with Gasteiger partial charge in [0.2, 0.25) is 0 Å². The first-order valence-electron chi connectivity index (χ1n) is 4.88. The highest BCUT2D eigenvalue weighted by Crippen LogP contribution is 2.24. The number of aromatic nitrogens is 2. The van der Waals surface area contributed by atoms with Crippen LogP contribution < -0.4 is 0 Å². The van der Waals surface area contributed by atoms with Crippen LogP contribution in [0.15, 0.2) is 0 Å². The van der Waals surface area contributed by atoms with Gasteiger partial charge in [-0.15, -0.1) is 0 Å². The quantitative estimate of drug-likeness (QED) is 0.786. The minimum atomic E-state index is -1.22. The highest BCUT2D eigenvalue weighted by Gasteiger charge is 2.29. The Balaban J connectivity index is 2.61. The molecule has 2 rings (SSSR count). The summed E-state index contributed by atoms with van der Waals surface area (Å²) in [6.45, 7) is -0.0249. The van der Waals surface area contributed by atoms with E-state index in [2.05, 4.69) is 5.10 Å². The van der Waals surface area contributed by atoms with Crippen molar-refractivity contribution in [2.75, 3.05) is 0 Å². The van der Waals surface area contributed by atoms with E-state index in [1.165, 1.54) is 4.68 Å². The van der Waals surface area contributed by atoms with E-state index in [-0.39, 0.29) is 23.6 Å². The minimum Gasteiger partial charge on any atom is -0.476 e. The molecule has 1 heterocycles. The summed E-state index contributed by atoms with van der Waals surface area (Å²) in [5.41, 5.74) is 0.541. The first-order valence-corrected chi connectivity index (χ1v) is 4.88. The molecular weight excluding hydrogens is 210 g/mol. The summed E-state index contributed by atoms with van der Waals surface area (Å²) in [6.07, 6.45) is 1.64. The lowest BCUT2D eigenvalue weighted by Crippen LogP contribution is -2.15. The van der Waals surface area contributed by atoms with E-state index in [9.17, 15) is 9.59 Å². The number of carboxylic acids is 1. The van der Waals surface area contributed by atoms with Crippen molar-refractivity contribution in [2.24, 2.45) is 0 Å². The van der Waals surface area contributed by atoms with Crippen LogP contribution in [0.25, 0.3) is 0 Å². The molecule has 0 amide bonds. The molecule has 1 aromatic heterocycles. The molecule has 0 saturated carbocycles. The first-order chi connectivity index (χ1) is 7.65. The largest absolute Gasteiger partial charge is 0.476 e.